The summed E-state index contributed by atoms with van der Waals surface area (Å²) in [6, 6.07) is 10.4. The van der Waals surface area contributed by atoms with Gasteiger partial charge in [0.05, 0.1) is 7.11 Å². The van der Waals surface area contributed by atoms with Gasteiger partial charge in [0, 0.05) is 5.02 Å². The van der Waals surface area contributed by atoms with E-state index in [0.717, 1.165) is 11.1 Å². The highest BCUT2D eigenvalue weighted by Gasteiger charge is 2.09. The molecule has 2 rings (SSSR count). The number of carbonyl (C=O) groups is 2. The van der Waals surface area contributed by atoms with Gasteiger partial charge in [-0.15, -0.1) is 0 Å². The van der Waals surface area contributed by atoms with Gasteiger partial charge < -0.3 is 14.2 Å². The molecule has 2 aromatic rings. The monoisotopic (exact) mass is 392 g/mol. The molecule has 0 heterocycles. The molecule has 0 fully saturated rings. The van der Waals surface area contributed by atoms with Gasteiger partial charge in [-0.25, -0.2) is 0 Å². The van der Waals surface area contributed by atoms with E-state index >= 15 is 0 Å². The Hall–Kier alpha value is -2.93. The van der Waals surface area contributed by atoms with Gasteiger partial charge in [-0.2, -0.15) is 0 Å². The number of amides is 2. The number of hydrogen-bond acceptors (Lipinski definition) is 5. The van der Waals surface area contributed by atoms with E-state index in [9.17, 15) is 9.59 Å². The molecule has 0 saturated heterocycles. The Bertz CT molecular complexity index is 826. The fourth-order valence-corrected chi connectivity index (χ4v) is 2.22. The molecule has 0 bridgehead atoms. The Morgan fingerprint density at radius 3 is 2.22 bits per heavy atom. The standard InChI is InChI=1S/C19H21ClN2O5/c1-12-4-7-16(17(8-12)25-3)27-11-19(24)22-21-18(23)10-26-14-5-6-15(20)13(2)9-14/h4-9H,10-11H2,1-3H3,(H,21,23)(H,22,24). The van der Waals surface area contributed by atoms with E-state index in [0.29, 0.717) is 22.3 Å². The minimum Gasteiger partial charge on any atom is -0.493 e. The van der Waals surface area contributed by atoms with E-state index in [1.165, 1.54) is 7.11 Å². The third kappa shape index (κ3) is 6.38. The van der Waals surface area contributed by atoms with Crippen molar-refractivity contribution in [1.29, 1.82) is 0 Å². The van der Waals surface area contributed by atoms with Crippen LogP contribution in [0.15, 0.2) is 36.4 Å². The van der Waals surface area contributed by atoms with Gasteiger partial charge in [0.2, 0.25) is 0 Å². The molecule has 0 unspecified atom stereocenters. The van der Waals surface area contributed by atoms with Crippen molar-refractivity contribution in [3.8, 4) is 17.2 Å². The van der Waals surface area contributed by atoms with Crippen LogP contribution in [0.1, 0.15) is 11.1 Å². The molecule has 0 spiro atoms. The van der Waals surface area contributed by atoms with Crippen LogP contribution in [-0.4, -0.2) is 32.1 Å². The van der Waals surface area contributed by atoms with Crippen molar-refractivity contribution in [3.63, 3.8) is 0 Å². The molecule has 0 atom stereocenters. The smallest absolute Gasteiger partial charge is 0.276 e. The Morgan fingerprint density at radius 2 is 1.59 bits per heavy atom. The summed E-state index contributed by atoms with van der Waals surface area (Å²) in [5, 5.41) is 0.615. The van der Waals surface area contributed by atoms with Gasteiger partial charge in [0.25, 0.3) is 11.8 Å². The van der Waals surface area contributed by atoms with E-state index in [-0.39, 0.29) is 13.2 Å². The van der Waals surface area contributed by atoms with Crippen molar-refractivity contribution in [2.45, 2.75) is 13.8 Å². The Balaban J connectivity index is 1.73. The van der Waals surface area contributed by atoms with Crippen LogP contribution in [0, 0.1) is 13.8 Å². The van der Waals surface area contributed by atoms with Gasteiger partial charge in [0.15, 0.2) is 24.7 Å². The maximum Gasteiger partial charge on any atom is 0.276 e. The number of hydrogen-bond donors (Lipinski definition) is 2. The van der Waals surface area contributed by atoms with E-state index in [2.05, 4.69) is 10.9 Å². The molecule has 144 valence electrons. The van der Waals surface area contributed by atoms with Gasteiger partial charge >= 0.3 is 0 Å². The third-order valence-electron chi connectivity index (χ3n) is 3.52. The minimum atomic E-state index is -0.520. The van der Waals surface area contributed by atoms with E-state index in [4.69, 9.17) is 25.8 Å². The predicted octanol–water partition coefficient (Wildman–Crippen LogP) is 2.57. The van der Waals surface area contributed by atoms with Crippen molar-refractivity contribution in [2.24, 2.45) is 0 Å². The second kappa shape index (κ2) is 9.68. The number of benzene rings is 2. The summed E-state index contributed by atoms with van der Waals surface area (Å²) in [7, 11) is 1.52. The number of methoxy groups -OCH3 is 1. The maximum atomic E-state index is 11.8. The molecule has 2 N–H and O–H groups in total. The lowest BCUT2D eigenvalue weighted by atomic mass is 10.2. The zero-order chi connectivity index (χ0) is 19.8. The molecule has 0 radical (unpaired) electrons. The first kappa shape index (κ1) is 20.4. The molecule has 7 nitrogen and oxygen atoms in total. The Labute approximate surface area is 162 Å². The number of carbonyl (C=O) groups excluding carboxylic acids is 2. The zero-order valence-corrected chi connectivity index (χ0v) is 16.1. The van der Waals surface area contributed by atoms with E-state index in [1.807, 2.05) is 19.9 Å². The van der Waals surface area contributed by atoms with Crippen LogP contribution >= 0.6 is 11.6 Å². The lowest BCUT2D eigenvalue weighted by Crippen LogP contribution is -2.45. The van der Waals surface area contributed by atoms with Crippen LogP contribution < -0.4 is 25.1 Å². The zero-order valence-electron chi connectivity index (χ0n) is 15.3. The summed E-state index contributed by atoms with van der Waals surface area (Å²) in [4.78, 5) is 23.5. The van der Waals surface area contributed by atoms with Crippen LogP contribution in [0.25, 0.3) is 0 Å². The molecule has 2 aromatic carbocycles. The highest BCUT2D eigenvalue weighted by Crippen LogP contribution is 2.27. The molecule has 8 heteroatoms. The Kier molecular flexibility index (Phi) is 7.31. The fraction of sp³-hybridized carbons (Fsp3) is 0.263. The summed E-state index contributed by atoms with van der Waals surface area (Å²) in [5.41, 5.74) is 6.35. The average molecular weight is 393 g/mol. The lowest BCUT2D eigenvalue weighted by molar-refractivity contribution is -0.131. The largest absolute Gasteiger partial charge is 0.493 e. The van der Waals surface area contributed by atoms with Gasteiger partial charge in [-0.05, 0) is 55.3 Å². The van der Waals surface area contributed by atoms with Gasteiger partial charge in [0.1, 0.15) is 5.75 Å². The topological polar surface area (TPSA) is 85.9 Å². The summed E-state index contributed by atoms with van der Waals surface area (Å²) >= 11 is 5.93. The average Bonchev–Trinajstić information content (AvgIpc) is 2.66. The number of nitrogens with one attached hydrogen (secondary N) is 2. The highest BCUT2D eigenvalue weighted by atomic mass is 35.5. The summed E-state index contributed by atoms with van der Waals surface area (Å²) in [5.74, 6) is 0.440. The van der Waals surface area contributed by atoms with Crippen LogP contribution in [0.4, 0.5) is 0 Å². The number of hydrazine groups is 1. The first-order chi connectivity index (χ1) is 12.9. The predicted molar refractivity (Wildman–Crippen MR) is 101 cm³/mol. The second-order valence-corrected chi connectivity index (χ2v) is 6.15. The highest BCUT2D eigenvalue weighted by molar-refractivity contribution is 6.31. The lowest BCUT2D eigenvalue weighted by Gasteiger charge is -2.12. The van der Waals surface area contributed by atoms with Crippen molar-refractivity contribution in [2.75, 3.05) is 20.3 Å². The van der Waals surface area contributed by atoms with Crippen molar-refractivity contribution in [1.82, 2.24) is 10.9 Å². The fourth-order valence-electron chi connectivity index (χ4n) is 2.10. The molecular weight excluding hydrogens is 372 g/mol. The minimum absolute atomic E-state index is 0.256. The first-order valence-corrected chi connectivity index (χ1v) is 8.51. The molecule has 2 amide bonds. The SMILES string of the molecule is COc1cc(C)ccc1OCC(=O)NNC(=O)COc1ccc(Cl)c(C)c1. The van der Waals surface area contributed by atoms with Crippen LogP contribution in [-0.2, 0) is 9.59 Å². The maximum absolute atomic E-state index is 11.8. The molecule has 0 aliphatic heterocycles. The summed E-state index contributed by atoms with van der Waals surface area (Å²) in [6.45, 7) is 3.21. The van der Waals surface area contributed by atoms with Crippen LogP contribution in [0.5, 0.6) is 17.2 Å². The molecule has 0 aliphatic rings. The van der Waals surface area contributed by atoms with Gasteiger partial charge in [-0.3, -0.25) is 20.4 Å². The molecule has 0 aromatic heterocycles. The van der Waals surface area contributed by atoms with Crippen molar-refractivity contribution >= 4 is 23.4 Å². The number of aryl methyl sites for hydroxylation is 2. The summed E-state index contributed by atoms with van der Waals surface area (Å²) < 4.78 is 15.9. The first-order valence-electron chi connectivity index (χ1n) is 8.13. The molecular formula is C19H21ClN2O5. The second-order valence-electron chi connectivity index (χ2n) is 5.74. The molecule has 0 aliphatic carbocycles. The number of rotatable bonds is 7. The molecule has 0 saturated carbocycles. The van der Waals surface area contributed by atoms with Crippen LogP contribution in [0.3, 0.4) is 0 Å². The number of halogens is 1. The van der Waals surface area contributed by atoms with Crippen molar-refractivity contribution in [3.05, 3.63) is 52.5 Å². The van der Waals surface area contributed by atoms with E-state index < -0.39 is 11.8 Å². The van der Waals surface area contributed by atoms with Crippen LogP contribution in [0.2, 0.25) is 5.02 Å². The normalized spacial score (nSPS) is 10.1. The molecule has 27 heavy (non-hydrogen) atoms. The Morgan fingerprint density at radius 1 is 0.926 bits per heavy atom. The van der Waals surface area contributed by atoms with Crippen molar-refractivity contribution < 1.29 is 23.8 Å². The summed E-state index contributed by atoms with van der Waals surface area (Å²) in [6.07, 6.45) is 0. The van der Waals surface area contributed by atoms with E-state index in [1.54, 1.807) is 30.3 Å². The quantitative estimate of drug-likeness (QED) is 0.707. The third-order valence-corrected chi connectivity index (χ3v) is 3.94. The van der Waals surface area contributed by atoms with Gasteiger partial charge in [-0.1, -0.05) is 17.7 Å². The number of ether oxygens (including phenoxy) is 3.